The van der Waals surface area contributed by atoms with Crippen LogP contribution >= 0.6 is 11.3 Å². The van der Waals surface area contributed by atoms with Crippen molar-refractivity contribution >= 4 is 22.4 Å². The number of ether oxygens (including phenoxy) is 2. The topological polar surface area (TPSA) is 73.3 Å². The fourth-order valence-corrected chi connectivity index (χ4v) is 4.41. The Kier molecular flexibility index (Phi) is 4.11. The van der Waals surface area contributed by atoms with Crippen molar-refractivity contribution in [2.24, 2.45) is 11.3 Å². The minimum atomic E-state index is 0.105. The summed E-state index contributed by atoms with van der Waals surface area (Å²) in [5.74, 6) is 1.68. The Hall–Kier alpha value is -2.15. The van der Waals surface area contributed by atoms with Crippen molar-refractivity contribution in [1.29, 1.82) is 0 Å². The van der Waals surface area contributed by atoms with E-state index in [0.29, 0.717) is 28.5 Å². The third-order valence-corrected chi connectivity index (χ3v) is 6.19. The van der Waals surface area contributed by atoms with Crippen LogP contribution in [0.3, 0.4) is 0 Å². The number of hydrogen-bond acceptors (Lipinski definition) is 6. The molecule has 132 valence electrons. The van der Waals surface area contributed by atoms with Gasteiger partial charge in [0.15, 0.2) is 11.5 Å². The van der Waals surface area contributed by atoms with Crippen LogP contribution in [0.2, 0.25) is 0 Å². The highest BCUT2D eigenvalue weighted by molar-refractivity contribution is 7.15. The van der Waals surface area contributed by atoms with Crippen LogP contribution in [-0.4, -0.2) is 30.3 Å². The second-order valence-electron chi connectivity index (χ2n) is 6.83. The summed E-state index contributed by atoms with van der Waals surface area (Å²) in [4.78, 5) is 12.3. The minimum absolute atomic E-state index is 0.105. The molecule has 2 fully saturated rings. The zero-order valence-corrected chi connectivity index (χ0v) is 15.2. The lowest BCUT2D eigenvalue weighted by Gasteiger charge is -2.26. The minimum Gasteiger partial charge on any atom is -0.493 e. The Morgan fingerprint density at radius 2 is 2.08 bits per heavy atom. The van der Waals surface area contributed by atoms with Gasteiger partial charge in [-0.2, -0.15) is 0 Å². The van der Waals surface area contributed by atoms with Gasteiger partial charge in [-0.25, -0.2) is 0 Å². The van der Waals surface area contributed by atoms with E-state index in [1.807, 2.05) is 18.2 Å². The van der Waals surface area contributed by atoms with Gasteiger partial charge in [-0.15, -0.1) is 10.2 Å². The third kappa shape index (κ3) is 3.08. The van der Waals surface area contributed by atoms with Gasteiger partial charge in [-0.3, -0.25) is 4.79 Å². The van der Waals surface area contributed by atoms with E-state index < -0.39 is 0 Å². The highest BCUT2D eigenvalue weighted by Crippen LogP contribution is 2.65. The van der Waals surface area contributed by atoms with Crippen molar-refractivity contribution in [2.45, 2.75) is 32.1 Å². The largest absolute Gasteiger partial charge is 0.493 e. The van der Waals surface area contributed by atoms with Gasteiger partial charge in [0.2, 0.25) is 11.0 Å². The molecular weight excluding hydrogens is 338 g/mol. The highest BCUT2D eigenvalue weighted by atomic mass is 32.1. The lowest BCUT2D eigenvalue weighted by Crippen LogP contribution is -2.23. The van der Waals surface area contributed by atoms with Crippen LogP contribution in [0.4, 0.5) is 5.13 Å². The molecule has 2 aromatic rings. The van der Waals surface area contributed by atoms with E-state index in [9.17, 15) is 4.79 Å². The fraction of sp³-hybridized carbons (Fsp3) is 0.500. The highest BCUT2D eigenvalue weighted by Gasteiger charge is 2.60. The molecule has 0 bridgehead atoms. The molecule has 0 unspecified atom stereocenters. The van der Waals surface area contributed by atoms with Crippen LogP contribution < -0.4 is 14.8 Å². The number of rotatable bonds is 6. The SMILES string of the molecule is COc1ccc(Cc2nnc(NC(=O)[C@H]3CC34CCC4)s2)cc1OC. The summed E-state index contributed by atoms with van der Waals surface area (Å²) in [6.45, 7) is 0. The van der Waals surface area contributed by atoms with Crippen LogP contribution in [0.15, 0.2) is 18.2 Å². The van der Waals surface area contributed by atoms with Gasteiger partial charge in [0.1, 0.15) is 5.01 Å². The molecule has 0 saturated heterocycles. The predicted molar refractivity (Wildman–Crippen MR) is 95.3 cm³/mol. The number of nitrogens with zero attached hydrogens (tertiary/aromatic N) is 2. The summed E-state index contributed by atoms with van der Waals surface area (Å²) in [5.41, 5.74) is 1.39. The zero-order chi connectivity index (χ0) is 17.4. The van der Waals surface area contributed by atoms with E-state index in [4.69, 9.17) is 9.47 Å². The molecule has 1 N–H and O–H groups in total. The number of amides is 1. The molecule has 1 spiro atoms. The van der Waals surface area contributed by atoms with E-state index in [1.54, 1.807) is 14.2 Å². The summed E-state index contributed by atoms with van der Waals surface area (Å²) in [5, 5.41) is 12.7. The van der Waals surface area contributed by atoms with Crippen molar-refractivity contribution in [1.82, 2.24) is 10.2 Å². The lowest BCUT2D eigenvalue weighted by atomic mass is 9.80. The standard InChI is InChI=1S/C18H21N3O3S/c1-23-13-5-4-11(8-14(13)24-2)9-15-20-21-17(25-15)19-16(22)12-10-18(12)6-3-7-18/h4-5,8,12H,3,6-7,9-10H2,1-2H3,(H,19,21,22)/t12-/m1/s1. The summed E-state index contributed by atoms with van der Waals surface area (Å²) >= 11 is 1.42. The number of benzene rings is 1. The molecule has 2 aliphatic carbocycles. The van der Waals surface area contributed by atoms with Crippen molar-refractivity contribution in [3.05, 3.63) is 28.8 Å². The Bertz CT molecular complexity index is 801. The second-order valence-corrected chi connectivity index (χ2v) is 7.89. The smallest absolute Gasteiger partial charge is 0.229 e. The summed E-state index contributed by atoms with van der Waals surface area (Å²) in [7, 11) is 3.23. The predicted octanol–water partition coefficient (Wildman–Crippen LogP) is 3.27. The molecule has 2 aliphatic rings. The van der Waals surface area contributed by atoms with E-state index in [0.717, 1.165) is 17.0 Å². The maximum absolute atomic E-state index is 12.3. The molecule has 7 heteroatoms. The number of aromatic nitrogens is 2. The van der Waals surface area contributed by atoms with Gasteiger partial charge >= 0.3 is 0 Å². The van der Waals surface area contributed by atoms with Crippen molar-refractivity contribution in [3.63, 3.8) is 0 Å². The summed E-state index contributed by atoms with van der Waals surface area (Å²) in [6, 6.07) is 5.79. The first kappa shape index (κ1) is 16.3. The van der Waals surface area contributed by atoms with Crippen molar-refractivity contribution in [2.75, 3.05) is 19.5 Å². The van der Waals surface area contributed by atoms with Crippen LogP contribution in [0.1, 0.15) is 36.3 Å². The van der Waals surface area contributed by atoms with Gasteiger partial charge in [0.25, 0.3) is 0 Å². The Balaban J connectivity index is 1.39. The normalized spacial score (nSPS) is 20.0. The molecule has 1 aromatic heterocycles. The van der Waals surface area contributed by atoms with Crippen LogP contribution in [0.5, 0.6) is 11.5 Å². The number of nitrogens with one attached hydrogen (secondary N) is 1. The van der Waals surface area contributed by atoms with Crippen LogP contribution in [-0.2, 0) is 11.2 Å². The molecule has 1 heterocycles. The van der Waals surface area contributed by atoms with Gasteiger partial charge in [0.05, 0.1) is 14.2 Å². The third-order valence-electron chi connectivity index (χ3n) is 5.36. The number of methoxy groups -OCH3 is 2. The molecule has 1 aromatic carbocycles. The lowest BCUT2D eigenvalue weighted by molar-refractivity contribution is -0.118. The van der Waals surface area contributed by atoms with E-state index in [2.05, 4.69) is 15.5 Å². The molecule has 25 heavy (non-hydrogen) atoms. The number of anilines is 1. The Labute approximate surface area is 150 Å². The van der Waals surface area contributed by atoms with Crippen LogP contribution in [0, 0.1) is 11.3 Å². The first-order valence-electron chi connectivity index (χ1n) is 8.48. The second kappa shape index (κ2) is 6.29. The number of hydrogen-bond donors (Lipinski definition) is 1. The van der Waals surface area contributed by atoms with E-state index >= 15 is 0 Å². The fourth-order valence-electron chi connectivity index (χ4n) is 3.64. The maximum atomic E-state index is 12.3. The Morgan fingerprint density at radius 3 is 2.72 bits per heavy atom. The molecule has 6 nitrogen and oxygen atoms in total. The number of carbonyl (C=O) groups excluding carboxylic acids is 1. The molecular formula is C18H21N3O3S. The average Bonchev–Trinajstić information content (AvgIpc) is 3.24. The summed E-state index contributed by atoms with van der Waals surface area (Å²) in [6.07, 6.45) is 5.34. The van der Waals surface area contributed by atoms with E-state index in [-0.39, 0.29) is 11.8 Å². The maximum Gasteiger partial charge on any atom is 0.229 e. The molecule has 2 saturated carbocycles. The average molecular weight is 359 g/mol. The Morgan fingerprint density at radius 1 is 1.28 bits per heavy atom. The van der Waals surface area contributed by atoms with Gasteiger partial charge in [0, 0.05) is 12.3 Å². The first-order chi connectivity index (χ1) is 12.1. The van der Waals surface area contributed by atoms with Gasteiger partial charge in [-0.1, -0.05) is 23.8 Å². The molecule has 1 amide bonds. The van der Waals surface area contributed by atoms with Crippen molar-refractivity contribution in [3.8, 4) is 11.5 Å². The summed E-state index contributed by atoms with van der Waals surface area (Å²) < 4.78 is 10.6. The van der Waals surface area contributed by atoms with Gasteiger partial charge < -0.3 is 14.8 Å². The number of carbonyl (C=O) groups is 1. The van der Waals surface area contributed by atoms with Crippen LogP contribution in [0.25, 0.3) is 0 Å². The van der Waals surface area contributed by atoms with Gasteiger partial charge in [-0.05, 0) is 42.4 Å². The molecule has 4 rings (SSSR count). The molecule has 0 radical (unpaired) electrons. The molecule has 1 atom stereocenters. The first-order valence-corrected chi connectivity index (χ1v) is 9.29. The zero-order valence-electron chi connectivity index (χ0n) is 14.4. The van der Waals surface area contributed by atoms with Crippen molar-refractivity contribution < 1.29 is 14.3 Å². The monoisotopic (exact) mass is 359 g/mol. The quantitative estimate of drug-likeness (QED) is 0.857. The molecule has 0 aliphatic heterocycles. The van der Waals surface area contributed by atoms with E-state index in [1.165, 1.54) is 30.6 Å².